The van der Waals surface area contributed by atoms with Crippen molar-refractivity contribution >= 4 is 0 Å². The van der Waals surface area contributed by atoms with Crippen LogP contribution in [0.15, 0.2) is 0 Å². The summed E-state index contributed by atoms with van der Waals surface area (Å²) in [6, 6.07) is 0. The summed E-state index contributed by atoms with van der Waals surface area (Å²) in [5, 5.41) is 10.2. The average molecular weight is 368 g/mol. The van der Waals surface area contributed by atoms with Crippen molar-refractivity contribution < 1.29 is 5.11 Å². The van der Waals surface area contributed by atoms with Crippen LogP contribution in [-0.4, -0.2) is 29.3 Å². The molecule has 0 saturated carbocycles. The largest absolute Gasteiger partial charge is 0.378 e. The lowest BCUT2D eigenvalue weighted by atomic mass is 10.0. The van der Waals surface area contributed by atoms with Gasteiger partial charge in [0.05, 0.1) is 0 Å². The Bertz CT molecular complexity index is 275. The molecule has 0 amide bonds. The number of hydrogen-bond donors (Lipinski definition) is 1. The minimum absolute atomic E-state index is 0.165. The van der Waals surface area contributed by atoms with Gasteiger partial charge in [0, 0.05) is 13.1 Å². The van der Waals surface area contributed by atoms with Crippen LogP contribution in [0.1, 0.15) is 135 Å². The number of unbranched alkanes of at least 4 members (excludes halogenated alkanes) is 15. The summed E-state index contributed by atoms with van der Waals surface area (Å²) in [6.07, 6.45) is 27.3. The van der Waals surface area contributed by atoms with Crippen molar-refractivity contribution in [3.05, 3.63) is 0 Å². The summed E-state index contributed by atoms with van der Waals surface area (Å²) in [7, 11) is 0. The predicted molar refractivity (Wildman–Crippen MR) is 116 cm³/mol. The smallest absolute Gasteiger partial charge is 0.107 e. The van der Waals surface area contributed by atoms with E-state index in [1.807, 2.05) is 0 Å². The van der Waals surface area contributed by atoms with E-state index in [2.05, 4.69) is 11.8 Å². The highest BCUT2D eigenvalue weighted by Gasteiger charge is 2.17. The average Bonchev–Trinajstić information content (AvgIpc) is 2.68. The third-order valence-electron chi connectivity index (χ3n) is 6.13. The molecular formula is C24H49NO. The van der Waals surface area contributed by atoms with Crippen LogP contribution in [0.5, 0.6) is 0 Å². The first-order valence-corrected chi connectivity index (χ1v) is 12.3. The van der Waals surface area contributed by atoms with E-state index < -0.39 is 0 Å². The molecule has 26 heavy (non-hydrogen) atoms. The van der Waals surface area contributed by atoms with Crippen molar-refractivity contribution in [1.29, 1.82) is 0 Å². The van der Waals surface area contributed by atoms with Crippen molar-refractivity contribution in [3.8, 4) is 0 Å². The van der Waals surface area contributed by atoms with E-state index in [1.54, 1.807) is 0 Å². The van der Waals surface area contributed by atoms with E-state index in [1.165, 1.54) is 122 Å². The molecule has 1 heterocycles. The highest BCUT2D eigenvalue weighted by molar-refractivity contribution is 4.67. The van der Waals surface area contributed by atoms with Gasteiger partial charge in [0.2, 0.25) is 0 Å². The van der Waals surface area contributed by atoms with E-state index in [9.17, 15) is 5.11 Å². The maximum absolute atomic E-state index is 10.2. The lowest BCUT2D eigenvalue weighted by Gasteiger charge is -2.31. The molecule has 1 saturated heterocycles. The van der Waals surface area contributed by atoms with Gasteiger partial charge in [0.15, 0.2) is 0 Å². The normalized spacial score (nSPS) is 16.8. The zero-order valence-electron chi connectivity index (χ0n) is 18.0. The fourth-order valence-electron chi connectivity index (χ4n) is 4.27. The van der Waals surface area contributed by atoms with Gasteiger partial charge in [-0.3, -0.25) is 4.90 Å². The van der Waals surface area contributed by atoms with Crippen LogP contribution in [-0.2, 0) is 0 Å². The fraction of sp³-hybridized carbons (Fsp3) is 1.00. The van der Waals surface area contributed by atoms with Gasteiger partial charge in [-0.25, -0.2) is 0 Å². The molecule has 1 N–H and O–H groups in total. The third kappa shape index (κ3) is 14.0. The minimum Gasteiger partial charge on any atom is -0.378 e. The number of nitrogens with zero attached hydrogens (tertiary/aromatic N) is 1. The van der Waals surface area contributed by atoms with E-state index in [4.69, 9.17) is 0 Å². The van der Waals surface area contributed by atoms with Gasteiger partial charge < -0.3 is 5.11 Å². The summed E-state index contributed by atoms with van der Waals surface area (Å²) >= 11 is 0. The Labute approximate surface area is 165 Å². The molecule has 0 spiro atoms. The number of aliphatic hydroxyl groups excluding tert-OH is 1. The van der Waals surface area contributed by atoms with Crippen LogP contribution in [0.4, 0.5) is 0 Å². The second-order valence-corrected chi connectivity index (χ2v) is 8.67. The monoisotopic (exact) mass is 367 g/mol. The van der Waals surface area contributed by atoms with Crippen molar-refractivity contribution in [1.82, 2.24) is 4.90 Å². The highest BCUT2D eigenvalue weighted by Crippen LogP contribution is 2.17. The molecule has 0 aromatic rings. The first kappa shape index (κ1) is 24.0. The summed E-state index contributed by atoms with van der Waals surface area (Å²) < 4.78 is 0. The summed E-state index contributed by atoms with van der Waals surface area (Å²) in [5.74, 6) is 0. The van der Waals surface area contributed by atoms with Crippen LogP contribution in [0.2, 0.25) is 0 Å². The standard InChI is InChI=1S/C24H49NO/c1-2-3-4-5-6-7-8-9-10-11-12-13-14-15-16-18-21-24(26)25-22-19-17-20-23-25/h24,26H,2-23H2,1H3. The Hall–Kier alpha value is -0.0800. The Morgan fingerprint density at radius 1 is 0.577 bits per heavy atom. The van der Waals surface area contributed by atoms with Crippen molar-refractivity contribution in [2.75, 3.05) is 13.1 Å². The molecule has 0 aliphatic carbocycles. The van der Waals surface area contributed by atoms with Gasteiger partial charge in [0.25, 0.3) is 0 Å². The number of rotatable bonds is 18. The summed E-state index contributed by atoms with van der Waals surface area (Å²) in [5.41, 5.74) is 0. The van der Waals surface area contributed by atoms with Crippen molar-refractivity contribution in [2.45, 2.75) is 142 Å². The Morgan fingerprint density at radius 2 is 0.962 bits per heavy atom. The maximum atomic E-state index is 10.2. The van der Waals surface area contributed by atoms with E-state index in [0.29, 0.717) is 0 Å². The molecule has 0 bridgehead atoms. The number of piperidine rings is 1. The number of hydrogen-bond acceptors (Lipinski definition) is 2. The van der Waals surface area contributed by atoms with E-state index >= 15 is 0 Å². The molecule has 2 heteroatoms. The second-order valence-electron chi connectivity index (χ2n) is 8.67. The van der Waals surface area contributed by atoms with Crippen LogP contribution in [0.3, 0.4) is 0 Å². The van der Waals surface area contributed by atoms with Gasteiger partial charge in [-0.15, -0.1) is 0 Å². The number of likely N-dealkylation sites (tertiary alicyclic amines) is 1. The molecule has 0 aromatic carbocycles. The summed E-state index contributed by atoms with van der Waals surface area (Å²) in [6.45, 7) is 4.51. The molecule has 1 rings (SSSR count). The van der Waals surface area contributed by atoms with Crippen LogP contribution in [0.25, 0.3) is 0 Å². The molecule has 1 aliphatic rings. The second kappa shape index (κ2) is 18.3. The first-order chi connectivity index (χ1) is 12.8. The van der Waals surface area contributed by atoms with Crippen molar-refractivity contribution in [3.63, 3.8) is 0 Å². The SMILES string of the molecule is CCCCCCCCCCCCCCCCCCC(O)N1CCCCC1. The maximum Gasteiger partial charge on any atom is 0.107 e. The molecule has 1 atom stereocenters. The lowest BCUT2D eigenvalue weighted by molar-refractivity contribution is -0.0148. The molecule has 156 valence electrons. The summed E-state index contributed by atoms with van der Waals surface area (Å²) in [4.78, 5) is 2.29. The molecule has 1 unspecified atom stereocenters. The third-order valence-corrected chi connectivity index (χ3v) is 6.13. The van der Waals surface area contributed by atoms with E-state index in [0.717, 1.165) is 19.5 Å². The molecule has 2 nitrogen and oxygen atoms in total. The number of aliphatic hydroxyl groups is 1. The topological polar surface area (TPSA) is 23.5 Å². The van der Waals surface area contributed by atoms with Crippen LogP contribution < -0.4 is 0 Å². The van der Waals surface area contributed by atoms with Crippen LogP contribution >= 0.6 is 0 Å². The molecule has 0 aromatic heterocycles. The quantitative estimate of drug-likeness (QED) is 0.254. The predicted octanol–water partition coefficient (Wildman–Crippen LogP) is 7.44. The van der Waals surface area contributed by atoms with Crippen LogP contribution in [0, 0.1) is 0 Å². The van der Waals surface area contributed by atoms with Crippen molar-refractivity contribution in [2.24, 2.45) is 0 Å². The van der Waals surface area contributed by atoms with Gasteiger partial charge in [-0.1, -0.05) is 110 Å². The minimum atomic E-state index is -0.165. The van der Waals surface area contributed by atoms with Gasteiger partial charge >= 0.3 is 0 Å². The Kier molecular flexibility index (Phi) is 16.9. The van der Waals surface area contributed by atoms with Gasteiger partial charge in [-0.2, -0.15) is 0 Å². The molecular weight excluding hydrogens is 318 g/mol. The Morgan fingerprint density at radius 3 is 1.38 bits per heavy atom. The zero-order chi connectivity index (χ0) is 18.7. The molecule has 0 radical (unpaired) electrons. The zero-order valence-corrected chi connectivity index (χ0v) is 18.0. The van der Waals surface area contributed by atoms with E-state index in [-0.39, 0.29) is 6.23 Å². The highest BCUT2D eigenvalue weighted by atomic mass is 16.3. The van der Waals surface area contributed by atoms with Gasteiger partial charge in [-0.05, 0) is 25.7 Å². The molecule has 1 fully saturated rings. The first-order valence-electron chi connectivity index (χ1n) is 12.3. The molecule has 1 aliphatic heterocycles. The lowest BCUT2D eigenvalue weighted by Crippen LogP contribution is -2.39. The van der Waals surface area contributed by atoms with Gasteiger partial charge in [0.1, 0.15) is 6.23 Å². The Balaban J connectivity index is 1.72. The fourth-order valence-corrected chi connectivity index (χ4v) is 4.27.